The van der Waals surface area contributed by atoms with Crippen molar-refractivity contribution in [2.75, 3.05) is 0 Å². The van der Waals surface area contributed by atoms with Crippen molar-refractivity contribution in [2.45, 2.75) is 85.5 Å². The van der Waals surface area contributed by atoms with E-state index in [0.29, 0.717) is 10.8 Å². The number of fused-ring (bicyclic) bond motifs is 3. The van der Waals surface area contributed by atoms with Crippen LogP contribution >= 0.6 is 0 Å². The van der Waals surface area contributed by atoms with Gasteiger partial charge in [0.05, 0.1) is 0 Å². The van der Waals surface area contributed by atoms with Gasteiger partial charge in [-0.3, -0.25) is 0 Å². The predicted octanol–water partition coefficient (Wildman–Crippen LogP) is 6.06. The Morgan fingerprint density at radius 3 is 2.40 bits per heavy atom. The van der Waals surface area contributed by atoms with Gasteiger partial charge in [0.1, 0.15) is 0 Å². The van der Waals surface area contributed by atoms with Crippen LogP contribution < -0.4 is 0 Å². The molecule has 4 fully saturated rings. The van der Waals surface area contributed by atoms with Crippen LogP contribution in [0.3, 0.4) is 0 Å². The normalized spacial score (nSPS) is 57.0. The molecule has 20 heavy (non-hydrogen) atoms. The summed E-state index contributed by atoms with van der Waals surface area (Å²) in [6.07, 6.45) is 13.9. The second-order valence-electron chi connectivity index (χ2n) is 10.1. The SMILES string of the molecule is C[C@H]1C[C@@]23CC[C@H]4C(C)(C)CCC[C@@]4(C)[C@@H]2CC[C@@H]1C3. The van der Waals surface area contributed by atoms with Crippen molar-refractivity contribution >= 4 is 0 Å². The van der Waals surface area contributed by atoms with Crippen LogP contribution in [0, 0.1) is 39.9 Å². The molecule has 0 aromatic carbocycles. The molecule has 0 heterocycles. The van der Waals surface area contributed by atoms with Crippen LogP contribution in [0.5, 0.6) is 0 Å². The molecule has 2 bridgehead atoms. The first-order chi connectivity index (χ1) is 9.37. The summed E-state index contributed by atoms with van der Waals surface area (Å²) in [6, 6.07) is 0. The molecule has 4 aliphatic carbocycles. The van der Waals surface area contributed by atoms with Gasteiger partial charge in [-0.1, -0.05) is 34.1 Å². The smallest absolute Gasteiger partial charge is 0.0258 e. The van der Waals surface area contributed by atoms with Crippen molar-refractivity contribution in [2.24, 2.45) is 39.9 Å². The van der Waals surface area contributed by atoms with Gasteiger partial charge in [0.15, 0.2) is 0 Å². The molecular formula is C20H34. The van der Waals surface area contributed by atoms with Crippen LogP contribution in [0.25, 0.3) is 0 Å². The van der Waals surface area contributed by atoms with Crippen molar-refractivity contribution in [3.8, 4) is 0 Å². The number of hydrogen-bond acceptors (Lipinski definition) is 0. The zero-order chi connectivity index (χ0) is 14.2. The Morgan fingerprint density at radius 1 is 0.800 bits per heavy atom. The standard InChI is InChI=1S/C20H34/c1-14-12-20-11-8-16-18(2,3)9-5-10-19(16,4)17(20)7-6-15(14)13-20/h14-17H,5-13H2,1-4H3/t14-,15+,16-,17-,19+,20+/m0/s1. The summed E-state index contributed by atoms with van der Waals surface area (Å²) in [4.78, 5) is 0. The molecule has 0 aliphatic heterocycles. The second-order valence-corrected chi connectivity index (χ2v) is 10.1. The van der Waals surface area contributed by atoms with E-state index in [4.69, 9.17) is 0 Å². The molecule has 6 atom stereocenters. The molecule has 0 nitrogen and oxygen atoms in total. The molecule has 0 amide bonds. The van der Waals surface area contributed by atoms with Gasteiger partial charge in [0.2, 0.25) is 0 Å². The van der Waals surface area contributed by atoms with E-state index >= 15 is 0 Å². The molecule has 4 saturated carbocycles. The van der Waals surface area contributed by atoms with Crippen molar-refractivity contribution in [3.05, 3.63) is 0 Å². The van der Waals surface area contributed by atoms with Crippen LogP contribution in [0.4, 0.5) is 0 Å². The summed E-state index contributed by atoms with van der Waals surface area (Å²) in [5, 5.41) is 0. The number of rotatable bonds is 0. The first-order valence-corrected chi connectivity index (χ1v) is 9.37. The minimum absolute atomic E-state index is 0.607. The fraction of sp³-hybridized carbons (Fsp3) is 1.00. The van der Waals surface area contributed by atoms with Crippen LogP contribution in [-0.2, 0) is 0 Å². The van der Waals surface area contributed by atoms with Crippen molar-refractivity contribution in [3.63, 3.8) is 0 Å². The number of hydrogen-bond donors (Lipinski definition) is 0. The molecule has 0 aromatic rings. The molecule has 0 aromatic heterocycles. The summed E-state index contributed by atoms with van der Waals surface area (Å²) < 4.78 is 0. The van der Waals surface area contributed by atoms with Crippen LogP contribution in [0.15, 0.2) is 0 Å². The average Bonchev–Trinajstić information content (AvgIpc) is 2.58. The molecule has 1 spiro atoms. The molecule has 4 aliphatic rings. The third-order valence-corrected chi connectivity index (χ3v) is 8.77. The summed E-state index contributed by atoms with van der Waals surface area (Å²) in [5.41, 5.74) is 2.06. The van der Waals surface area contributed by atoms with Crippen molar-refractivity contribution < 1.29 is 0 Å². The Morgan fingerprint density at radius 2 is 1.60 bits per heavy atom. The van der Waals surface area contributed by atoms with Gasteiger partial charge in [0.25, 0.3) is 0 Å². The summed E-state index contributed by atoms with van der Waals surface area (Å²) in [6.45, 7) is 10.4. The minimum Gasteiger partial charge on any atom is -0.0622 e. The summed E-state index contributed by atoms with van der Waals surface area (Å²) in [7, 11) is 0. The largest absolute Gasteiger partial charge is 0.0622 e. The van der Waals surface area contributed by atoms with E-state index in [-0.39, 0.29) is 0 Å². The van der Waals surface area contributed by atoms with Gasteiger partial charge in [-0.05, 0) is 91.3 Å². The highest BCUT2D eigenvalue weighted by Crippen LogP contribution is 2.72. The maximum Gasteiger partial charge on any atom is -0.0258 e. The van der Waals surface area contributed by atoms with E-state index in [2.05, 4.69) is 27.7 Å². The van der Waals surface area contributed by atoms with Crippen LogP contribution in [0.1, 0.15) is 85.5 Å². The molecule has 0 radical (unpaired) electrons. The van der Waals surface area contributed by atoms with Gasteiger partial charge in [-0.15, -0.1) is 0 Å². The third-order valence-electron chi connectivity index (χ3n) is 8.77. The molecule has 4 rings (SSSR count). The lowest BCUT2D eigenvalue weighted by Gasteiger charge is -2.64. The summed E-state index contributed by atoms with van der Waals surface area (Å²) in [5.74, 6) is 4.18. The van der Waals surface area contributed by atoms with Gasteiger partial charge in [0, 0.05) is 0 Å². The first-order valence-electron chi connectivity index (χ1n) is 9.37. The van der Waals surface area contributed by atoms with Crippen LogP contribution in [-0.4, -0.2) is 0 Å². The lowest BCUT2D eigenvalue weighted by Crippen LogP contribution is -2.55. The fourth-order valence-electron chi connectivity index (χ4n) is 8.12. The summed E-state index contributed by atoms with van der Waals surface area (Å²) >= 11 is 0. The van der Waals surface area contributed by atoms with Gasteiger partial charge < -0.3 is 0 Å². The highest BCUT2D eigenvalue weighted by Gasteiger charge is 2.63. The highest BCUT2D eigenvalue weighted by atomic mass is 14.7. The molecule has 0 N–H and O–H groups in total. The molecule has 0 heteroatoms. The van der Waals surface area contributed by atoms with Gasteiger partial charge in [-0.2, -0.15) is 0 Å². The fourth-order valence-corrected chi connectivity index (χ4v) is 8.12. The zero-order valence-electron chi connectivity index (χ0n) is 14.2. The van der Waals surface area contributed by atoms with Gasteiger partial charge >= 0.3 is 0 Å². The Bertz CT molecular complexity index is 404. The van der Waals surface area contributed by atoms with Crippen LogP contribution in [0.2, 0.25) is 0 Å². The van der Waals surface area contributed by atoms with E-state index in [1.54, 1.807) is 38.5 Å². The zero-order valence-corrected chi connectivity index (χ0v) is 14.2. The lowest BCUT2D eigenvalue weighted by atomic mass is 9.41. The maximum absolute atomic E-state index is 2.72. The van der Waals surface area contributed by atoms with E-state index in [1.165, 1.54) is 19.3 Å². The van der Waals surface area contributed by atoms with Crippen molar-refractivity contribution in [1.82, 2.24) is 0 Å². The predicted molar refractivity (Wildman–Crippen MR) is 85.5 cm³/mol. The molecular weight excluding hydrogens is 240 g/mol. The van der Waals surface area contributed by atoms with Crippen molar-refractivity contribution in [1.29, 1.82) is 0 Å². The quantitative estimate of drug-likeness (QED) is 0.504. The topological polar surface area (TPSA) is 0 Å². The third kappa shape index (κ3) is 1.60. The highest BCUT2D eigenvalue weighted by molar-refractivity contribution is 5.12. The molecule has 114 valence electrons. The monoisotopic (exact) mass is 274 g/mol. The van der Waals surface area contributed by atoms with Gasteiger partial charge in [-0.25, -0.2) is 0 Å². The van der Waals surface area contributed by atoms with E-state index in [1.807, 2.05) is 0 Å². The second kappa shape index (κ2) is 4.05. The minimum atomic E-state index is 0.607. The molecule has 0 saturated heterocycles. The van der Waals surface area contributed by atoms with E-state index in [0.717, 1.165) is 29.1 Å². The lowest BCUT2D eigenvalue weighted by molar-refractivity contribution is -0.144. The van der Waals surface area contributed by atoms with E-state index in [9.17, 15) is 0 Å². The maximum atomic E-state index is 2.72. The first kappa shape index (κ1) is 13.6. The molecule has 0 unspecified atom stereocenters. The Balaban J connectivity index is 1.72. The Kier molecular flexibility index (Phi) is 2.76. The Hall–Kier alpha value is 0. The Labute approximate surface area is 126 Å². The average molecular weight is 274 g/mol. The van der Waals surface area contributed by atoms with E-state index < -0.39 is 0 Å².